The highest BCUT2D eigenvalue weighted by Crippen LogP contribution is 2.33. The number of carbonyl (C=O) groups is 1. The van der Waals surface area contributed by atoms with Gasteiger partial charge in [-0.1, -0.05) is 6.42 Å². The molecule has 0 radical (unpaired) electrons. The van der Waals surface area contributed by atoms with E-state index in [0.717, 1.165) is 18.2 Å². The molecule has 0 amide bonds. The third-order valence-electron chi connectivity index (χ3n) is 3.53. The van der Waals surface area contributed by atoms with E-state index in [1.54, 1.807) is 0 Å². The molecule has 0 heterocycles. The number of hydrogen-bond acceptors (Lipinski definition) is 4. The van der Waals surface area contributed by atoms with Gasteiger partial charge in [0.1, 0.15) is 0 Å². The number of ether oxygens (including phenoxy) is 1. The predicted molar refractivity (Wildman–Crippen MR) is 72.0 cm³/mol. The van der Waals surface area contributed by atoms with Gasteiger partial charge in [0, 0.05) is 6.07 Å². The van der Waals surface area contributed by atoms with Crippen molar-refractivity contribution in [3.8, 4) is 0 Å². The number of nitrogens with one attached hydrogen (secondary N) is 1. The van der Waals surface area contributed by atoms with E-state index in [1.165, 1.54) is 7.11 Å². The highest BCUT2D eigenvalue weighted by Gasteiger charge is 2.42. The molecule has 2 atom stereocenters. The van der Waals surface area contributed by atoms with Crippen LogP contribution in [0.1, 0.15) is 19.3 Å². The quantitative estimate of drug-likeness (QED) is 0.862. The van der Waals surface area contributed by atoms with Gasteiger partial charge >= 0.3 is 5.97 Å². The second-order valence-electron chi connectivity index (χ2n) is 4.87. The molecule has 21 heavy (non-hydrogen) atoms. The lowest BCUT2D eigenvalue weighted by Crippen LogP contribution is -2.35. The Bertz CT molecular complexity index is 648. The van der Waals surface area contributed by atoms with E-state index in [9.17, 15) is 22.0 Å². The van der Waals surface area contributed by atoms with E-state index in [4.69, 9.17) is 0 Å². The summed E-state index contributed by atoms with van der Waals surface area (Å²) in [6, 6.07) is 2.71. The highest BCUT2D eigenvalue weighted by molar-refractivity contribution is 7.93. The molecular weight excluding hydrogens is 304 g/mol. The molecule has 0 aliphatic heterocycles. The molecule has 1 aliphatic rings. The molecule has 1 aromatic rings. The highest BCUT2D eigenvalue weighted by atomic mass is 32.2. The van der Waals surface area contributed by atoms with Crippen LogP contribution in [0, 0.1) is 17.6 Å². The number of hydrogen-bond donors (Lipinski definition) is 1. The van der Waals surface area contributed by atoms with Crippen molar-refractivity contribution >= 4 is 21.7 Å². The average molecular weight is 319 g/mol. The van der Waals surface area contributed by atoms with Crippen LogP contribution in [0.5, 0.6) is 0 Å². The zero-order valence-corrected chi connectivity index (χ0v) is 12.1. The van der Waals surface area contributed by atoms with Gasteiger partial charge in [0.2, 0.25) is 10.0 Å². The van der Waals surface area contributed by atoms with Crippen LogP contribution in [-0.4, -0.2) is 26.7 Å². The number of carbonyl (C=O) groups excluding carboxylic acids is 1. The van der Waals surface area contributed by atoms with E-state index >= 15 is 0 Å². The van der Waals surface area contributed by atoms with Gasteiger partial charge in [0.05, 0.1) is 24.0 Å². The van der Waals surface area contributed by atoms with Crippen LogP contribution in [0.15, 0.2) is 18.2 Å². The summed E-state index contributed by atoms with van der Waals surface area (Å²) in [6.45, 7) is 0. The Morgan fingerprint density at radius 1 is 1.29 bits per heavy atom. The maximum absolute atomic E-state index is 13.1. The number of benzene rings is 1. The van der Waals surface area contributed by atoms with Crippen LogP contribution in [0.2, 0.25) is 0 Å². The number of esters is 1. The van der Waals surface area contributed by atoms with E-state index in [1.807, 2.05) is 0 Å². The first-order chi connectivity index (χ1) is 9.85. The summed E-state index contributed by atoms with van der Waals surface area (Å²) in [6.07, 6.45) is 1.33. The van der Waals surface area contributed by atoms with Crippen LogP contribution in [-0.2, 0) is 19.6 Å². The monoisotopic (exact) mass is 319 g/mol. The predicted octanol–water partition coefficient (Wildman–Crippen LogP) is 2.05. The second-order valence-corrected chi connectivity index (χ2v) is 6.77. The van der Waals surface area contributed by atoms with Crippen molar-refractivity contribution < 1.29 is 26.7 Å². The number of anilines is 1. The lowest BCUT2D eigenvalue weighted by atomic mass is 10.1. The Kier molecular flexibility index (Phi) is 4.46. The van der Waals surface area contributed by atoms with Crippen molar-refractivity contribution in [1.82, 2.24) is 0 Å². The maximum atomic E-state index is 13.1. The lowest BCUT2D eigenvalue weighted by molar-refractivity contribution is -0.145. The Balaban J connectivity index is 2.21. The van der Waals surface area contributed by atoms with Crippen molar-refractivity contribution in [2.24, 2.45) is 5.92 Å². The first kappa shape index (κ1) is 15.7. The summed E-state index contributed by atoms with van der Waals surface area (Å²) in [5.41, 5.74) is -0.0792. The summed E-state index contributed by atoms with van der Waals surface area (Å²) in [5, 5.41) is -0.932. The van der Waals surface area contributed by atoms with Crippen molar-refractivity contribution in [3.63, 3.8) is 0 Å². The molecule has 0 aromatic heterocycles. The summed E-state index contributed by atoms with van der Waals surface area (Å²) in [5.74, 6) is -3.52. The number of sulfonamides is 1. The molecule has 116 valence electrons. The van der Waals surface area contributed by atoms with Gasteiger partial charge in [-0.05, 0) is 25.0 Å². The average Bonchev–Trinajstić information content (AvgIpc) is 2.92. The third-order valence-corrected chi connectivity index (χ3v) is 5.42. The van der Waals surface area contributed by atoms with Gasteiger partial charge in [-0.15, -0.1) is 0 Å². The Hall–Kier alpha value is -1.70. The minimum Gasteiger partial charge on any atom is -0.469 e. The van der Waals surface area contributed by atoms with Crippen LogP contribution < -0.4 is 4.72 Å². The van der Waals surface area contributed by atoms with E-state index in [2.05, 4.69) is 9.46 Å². The third kappa shape index (κ3) is 3.31. The molecule has 1 aromatic carbocycles. The van der Waals surface area contributed by atoms with E-state index in [0.29, 0.717) is 19.3 Å². The second kappa shape index (κ2) is 5.97. The van der Waals surface area contributed by atoms with Crippen molar-refractivity contribution in [2.45, 2.75) is 24.5 Å². The van der Waals surface area contributed by atoms with Crippen LogP contribution in [0.25, 0.3) is 0 Å². The fraction of sp³-hybridized carbons (Fsp3) is 0.462. The number of halogens is 2. The fourth-order valence-electron chi connectivity index (χ4n) is 2.52. The van der Waals surface area contributed by atoms with Gasteiger partial charge in [-0.25, -0.2) is 17.2 Å². The van der Waals surface area contributed by atoms with Gasteiger partial charge < -0.3 is 4.74 Å². The topological polar surface area (TPSA) is 72.5 Å². The first-order valence-corrected chi connectivity index (χ1v) is 7.94. The lowest BCUT2D eigenvalue weighted by Gasteiger charge is -2.19. The van der Waals surface area contributed by atoms with Crippen LogP contribution in [0.4, 0.5) is 14.5 Å². The summed E-state index contributed by atoms with van der Waals surface area (Å²) in [7, 11) is -2.69. The fourth-order valence-corrected chi connectivity index (χ4v) is 4.28. The molecule has 5 nitrogen and oxygen atoms in total. The minimum atomic E-state index is -3.89. The molecule has 8 heteroatoms. The van der Waals surface area contributed by atoms with Crippen LogP contribution in [0.3, 0.4) is 0 Å². The summed E-state index contributed by atoms with van der Waals surface area (Å²) >= 11 is 0. The maximum Gasteiger partial charge on any atom is 0.310 e. The number of methoxy groups -OCH3 is 1. The van der Waals surface area contributed by atoms with Crippen molar-refractivity contribution in [1.29, 1.82) is 0 Å². The van der Waals surface area contributed by atoms with Crippen molar-refractivity contribution in [2.75, 3.05) is 11.8 Å². The van der Waals surface area contributed by atoms with E-state index in [-0.39, 0.29) is 5.69 Å². The van der Waals surface area contributed by atoms with Gasteiger partial charge in [0.25, 0.3) is 0 Å². The zero-order valence-electron chi connectivity index (χ0n) is 11.3. The molecular formula is C13H15F2NO4S. The van der Waals surface area contributed by atoms with E-state index < -0.39 is 38.8 Å². The molecule has 2 rings (SSSR count). The molecule has 1 fully saturated rings. The largest absolute Gasteiger partial charge is 0.469 e. The normalized spacial score (nSPS) is 22.0. The summed E-state index contributed by atoms with van der Waals surface area (Å²) in [4.78, 5) is 11.6. The molecule has 1 aliphatic carbocycles. The molecule has 1 N–H and O–H groups in total. The molecule has 1 saturated carbocycles. The molecule has 2 unspecified atom stereocenters. The van der Waals surface area contributed by atoms with Gasteiger partial charge in [-0.2, -0.15) is 0 Å². The SMILES string of the molecule is COC(=O)C1CCCC1S(=O)(=O)Nc1ccc(F)c(F)c1. The minimum absolute atomic E-state index is 0.0792. The Morgan fingerprint density at radius 2 is 2.00 bits per heavy atom. The molecule has 0 spiro atoms. The van der Waals surface area contributed by atoms with Gasteiger partial charge in [-0.3, -0.25) is 9.52 Å². The van der Waals surface area contributed by atoms with Crippen LogP contribution >= 0.6 is 0 Å². The standard InChI is InChI=1S/C13H15F2NO4S/c1-20-13(17)9-3-2-4-12(9)21(18,19)16-8-5-6-10(14)11(15)7-8/h5-7,9,12,16H,2-4H2,1H3. The first-order valence-electron chi connectivity index (χ1n) is 6.39. The zero-order chi connectivity index (χ0) is 15.6. The Labute approximate surface area is 121 Å². The smallest absolute Gasteiger partial charge is 0.310 e. The number of rotatable bonds is 4. The molecule has 0 saturated heterocycles. The van der Waals surface area contributed by atoms with Crippen molar-refractivity contribution in [3.05, 3.63) is 29.8 Å². The summed E-state index contributed by atoms with van der Waals surface area (Å²) < 4.78 is 57.3. The van der Waals surface area contributed by atoms with Gasteiger partial charge in [0.15, 0.2) is 11.6 Å². The molecule has 0 bridgehead atoms. The Morgan fingerprint density at radius 3 is 2.62 bits per heavy atom.